The van der Waals surface area contributed by atoms with Crippen molar-refractivity contribution in [2.75, 3.05) is 24.5 Å². The zero-order valence-corrected chi connectivity index (χ0v) is 7.47. The van der Waals surface area contributed by atoms with Crippen molar-refractivity contribution in [2.45, 2.75) is 0 Å². The maximum Gasteiger partial charge on any atom is 0.239 e. The summed E-state index contributed by atoms with van der Waals surface area (Å²) in [5.74, 6) is 0.459. The lowest BCUT2D eigenvalue weighted by Crippen LogP contribution is -2.48. The van der Waals surface area contributed by atoms with Crippen LogP contribution in [0, 0.1) is 0 Å². The second kappa shape index (κ2) is 3.49. The van der Waals surface area contributed by atoms with E-state index in [4.69, 9.17) is 5.11 Å². The molecule has 1 fully saturated rings. The Morgan fingerprint density at radius 2 is 2.14 bits per heavy atom. The lowest BCUT2D eigenvalue weighted by molar-refractivity contribution is -0.120. The molecule has 74 valence electrons. The number of anilines is 1. The number of nitrogens with one attached hydrogen (secondary N) is 1. The Morgan fingerprint density at radius 3 is 2.79 bits per heavy atom. The maximum atomic E-state index is 11.1. The Balaban J connectivity index is 2.14. The predicted octanol–water partition coefficient (Wildman–Crippen LogP) is -0.882. The van der Waals surface area contributed by atoms with Crippen molar-refractivity contribution in [3.63, 3.8) is 0 Å². The fraction of sp³-hybridized carbons (Fsp3) is 0.375. The molecule has 6 nitrogen and oxygen atoms in total. The van der Waals surface area contributed by atoms with E-state index in [1.807, 2.05) is 0 Å². The van der Waals surface area contributed by atoms with E-state index in [0.29, 0.717) is 19.0 Å². The molecular formula is C8H10N4O2. The van der Waals surface area contributed by atoms with Crippen LogP contribution in [-0.2, 0) is 4.79 Å². The zero-order chi connectivity index (χ0) is 9.97. The number of hydrogen-bond acceptors (Lipinski definition) is 5. The molecule has 0 atom stereocenters. The smallest absolute Gasteiger partial charge is 0.239 e. The van der Waals surface area contributed by atoms with Crippen LogP contribution < -0.4 is 10.2 Å². The van der Waals surface area contributed by atoms with Gasteiger partial charge in [0.1, 0.15) is 0 Å². The fourth-order valence-electron chi connectivity index (χ4n) is 1.29. The van der Waals surface area contributed by atoms with Gasteiger partial charge >= 0.3 is 0 Å². The molecule has 0 unspecified atom stereocenters. The van der Waals surface area contributed by atoms with Gasteiger partial charge in [0.15, 0.2) is 5.75 Å². The number of hydrogen-bond donors (Lipinski definition) is 2. The molecule has 1 saturated heterocycles. The average Bonchev–Trinajstić information content (AvgIpc) is 2.19. The highest BCUT2D eigenvalue weighted by Gasteiger charge is 2.17. The summed E-state index contributed by atoms with van der Waals surface area (Å²) < 4.78 is 0. The van der Waals surface area contributed by atoms with E-state index >= 15 is 0 Å². The van der Waals surface area contributed by atoms with Gasteiger partial charge in [-0.1, -0.05) is 0 Å². The molecule has 1 aliphatic heterocycles. The van der Waals surface area contributed by atoms with Gasteiger partial charge < -0.3 is 15.3 Å². The molecule has 1 aromatic heterocycles. The molecule has 1 amide bonds. The highest BCUT2D eigenvalue weighted by Crippen LogP contribution is 2.10. The lowest BCUT2D eigenvalue weighted by Gasteiger charge is -2.26. The zero-order valence-electron chi connectivity index (χ0n) is 7.47. The van der Waals surface area contributed by atoms with E-state index < -0.39 is 0 Å². The number of aromatic hydroxyl groups is 1. The van der Waals surface area contributed by atoms with E-state index in [9.17, 15) is 4.79 Å². The Hall–Kier alpha value is -1.85. The van der Waals surface area contributed by atoms with Crippen LogP contribution in [0.15, 0.2) is 12.4 Å². The number of amides is 1. The summed E-state index contributed by atoms with van der Waals surface area (Å²) >= 11 is 0. The van der Waals surface area contributed by atoms with Crippen LogP contribution in [0.3, 0.4) is 0 Å². The SMILES string of the molecule is O=C1CN(c2ncc(O)cn2)CCN1. The molecule has 0 saturated carbocycles. The molecule has 14 heavy (non-hydrogen) atoms. The van der Waals surface area contributed by atoms with Crippen molar-refractivity contribution < 1.29 is 9.90 Å². The summed E-state index contributed by atoms with van der Waals surface area (Å²) in [6.45, 7) is 1.56. The molecule has 0 aliphatic carbocycles. The summed E-state index contributed by atoms with van der Waals surface area (Å²) in [4.78, 5) is 20.7. The monoisotopic (exact) mass is 194 g/mol. The molecule has 2 rings (SSSR count). The quantitative estimate of drug-likeness (QED) is 0.607. The van der Waals surface area contributed by atoms with Gasteiger partial charge in [-0.15, -0.1) is 0 Å². The first-order valence-corrected chi connectivity index (χ1v) is 4.28. The van der Waals surface area contributed by atoms with Crippen LogP contribution in [-0.4, -0.2) is 40.6 Å². The average molecular weight is 194 g/mol. The van der Waals surface area contributed by atoms with Crippen molar-refractivity contribution >= 4 is 11.9 Å². The second-order valence-corrected chi connectivity index (χ2v) is 3.01. The van der Waals surface area contributed by atoms with Crippen molar-refractivity contribution in [2.24, 2.45) is 0 Å². The van der Waals surface area contributed by atoms with Gasteiger partial charge in [-0.25, -0.2) is 9.97 Å². The predicted molar refractivity (Wildman–Crippen MR) is 48.9 cm³/mol. The van der Waals surface area contributed by atoms with Crippen molar-refractivity contribution in [3.05, 3.63) is 12.4 Å². The van der Waals surface area contributed by atoms with E-state index in [-0.39, 0.29) is 18.2 Å². The van der Waals surface area contributed by atoms with E-state index in [0.717, 1.165) is 0 Å². The third kappa shape index (κ3) is 1.73. The van der Waals surface area contributed by atoms with Crippen molar-refractivity contribution in [1.29, 1.82) is 0 Å². The van der Waals surface area contributed by atoms with Gasteiger partial charge in [0.05, 0.1) is 18.9 Å². The number of rotatable bonds is 1. The second-order valence-electron chi connectivity index (χ2n) is 3.01. The van der Waals surface area contributed by atoms with Gasteiger partial charge in [0.25, 0.3) is 0 Å². The van der Waals surface area contributed by atoms with Gasteiger partial charge in [0.2, 0.25) is 11.9 Å². The fourth-order valence-corrected chi connectivity index (χ4v) is 1.29. The Kier molecular flexibility index (Phi) is 2.18. The van der Waals surface area contributed by atoms with Crippen molar-refractivity contribution in [1.82, 2.24) is 15.3 Å². The largest absolute Gasteiger partial charge is 0.505 e. The molecular weight excluding hydrogens is 184 g/mol. The summed E-state index contributed by atoms with van der Waals surface area (Å²) in [6.07, 6.45) is 2.63. The number of nitrogens with zero attached hydrogens (tertiary/aromatic N) is 3. The molecule has 6 heteroatoms. The third-order valence-corrected chi connectivity index (χ3v) is 1.95. The summed E-state index contributed by atoms with van der Waals surface area (Å²) in [7, 11) is 0. The molecule has 1 aliphatic rings. The minimum Gasteiger partial charge on any atom is -0.505 e. The van der Waals surface area contributed by atoms with Crippen molar-refractivity contribution in [3.8, 4) is 5.75 Å². The Bertz CT molecular complexity index is 338. The van der Waals surface area contributed by atoms with Crippen LogP contribution in [0.4, 0.5) is 5.95 Å². The number of carbonyl (C=O) groups is 1. The molecule has 0 aromatic carbocycles. The van der Waals surface area contributed by atoms with Gasteiger partial charge in [-0.2, -0.15) is 0 Å². The lowest BCUT2D eigenvalue weighted by atomic mass is 10.4. The first kappa shape index (κ1) is 8.74. The third-order valence-electron chi connectivity index (χ3n) is 1.95. The number of piperazine rings is 1. The van der Waals surface area contributed by atoms with Crippen LogP contribution in [0.2, 0.25) is 0 Å². The summed E-state index contributed by atoms with van der Waals surface area (Å²) in [5, 5.41) is 11.7. The Labute approximate surface area is 80.6 Å². The van der Waals surface area contributed by atoms with E-state index in [1.165, 1.54) is 12.4 Å². The molecule has 1 aromatic rings. The minimum atomic E-state index is -0.0343. The summed E-state index contributed by atoms with van der Waals surface area (Å²) in [6, 6.07) is 0. The van der Waals surface area contributed by atoms with Gasteiger partial charge in [0, 0.05) is 13.1 Å². The van der Waals surface area contributed by atoms with Gasteiger partial charge in [-0.05, 0) is 0 Å². The molecule has 0 radical (unpaired) electrons. The Morgan fingerprint density at radius 1 is 1.43 bits per heavy atom. The normalized spacial score (nSPS) is 16.6. The molecule has 2 N–H and O–H groups in total. The van der Waals surface area contributed by atoms with E-state index in [2.05, 4.69) is 15.3 Å². The van der Waals surface area contributed by atoms with Gasteiger partial charge in [-0.3, -0.25) is 4.79 Å². The molecule has 0 spiro atoms. The standard InChI is InChI=1S/C8H10N4O2/c13-6-3-10-8(11-4-6)12-2-1-9-7(14)5-12/h3-4,13H,1-2,5H2,(H,9,14). The highest BCUT2D eigenvalue weighted by atomic mass is 16.3. The van der Waals surface area contributed by atoms with Crippen LogP contribution in [0.5, 0.6) is 5.75 Å². The number of carbonyl (C=O) groups excluding carboxylic acids is 1. The molecule has 2 heterocycles. The first-order chi connectivity index (χ1) is 6.75. The topological polar surface area (TPSA) is 78.4 Å². The molecule has 0 bridgehead atoms. The van der Waals surface area contributed by atoms with Crippen LogP contribution >= 0.6 is 0 Å². The minimum absolute atomic E-state index is 0.0233. The maximum absolute atomic E-state index is 11.1. The summed E-state index contributed by atoms with van der Waals surface area (Å²) in [5.41, 5.74) is 0. The van der Waals surface area contributed by atoms with E-state index in [1.54, 1.807) is 4.90 Å². The van der Waals surface area contributed by atoms with Crippen LogP contribution in [0.1, 0.15) is 0 Å². The van der Waals surface area contributed by atoms with Crippen LogP contribution in [0.25, 0.3) is 0 Å². The highest BCUT2D eigenvalue weighted by molar-refractivity contribution is 5.81. The number of aromatic nitrogens is 2. The first-order valence-electron chi connectivity index (χ1n) is 4.28.